The first-order valence-electron chi connectivity index (χ1n) is 8.90. The maximum Gasteiger partial charge on any atom is 0.319 e. The van der Waals surface area contributed by atoms with E-state index < -0.39 is 5.82 Å². The van der Waals surface area contributed by atoms with Crippen LogP contribution in [0, 0.1) is 5.82 Å². The third-order valence-electron chi connectivity index (χ3n) is 3.67. The quantitative estimate of drug-likeness (QED) is 0.297. The van der Waals surface area contributed by atoms with Crippen molar-refractivity contribution in [2.75, 3.05) is 44.8 Å². The summed E-state index contributed by atoms with van der Waals surface area (Å²) < 4.78 is 19.7. The fourth-order valence-corrected chi connectivity index (χ4v) is 2.30. The number of halogens is 1. The highest BCUT2D eigenvalue weighted by molar-refractivity contribution is 5.96. The Hall–Kier alpha value is -3.14. The molecule has 2 amide bonds. The van der Waals surface area contributed by atoms with Crippen molar-refractivity contribution in [1.82, 2.24) is 20.4 Å². The Morgan fingerprint density at radius 3 is 2.96 bits per heavy atom. The summed E-state index contributed by atoms with van der Waals surface area (Å²) in [7, 11) is 3.92. The van der Waals surface area contributed by atoms with Crippen molar-refractivity contribution in [2.24, 2.45) is 4.99 Å². The van der Waals surface area contributed by atoms with Gasteiger partial charge < -0.3 is 26.0 Å². The van der Waals surface area contributed by atoms with Gasteiger partial charge in [0.25, 0.3) is 0 Å². The second kappa shape index (κ2) is 10.3. The van der Waals surface area contributed by atoms with E-state index in [9.17, 15) is 9.18 Å². The highest BCUT2D eigenvalue weighted by Gasteiger charge is 2.10. The summed E-state index contributed by atoms with van der Waals surface area (Å²) >= 11 is 0. The lowest BCUT2D eigenvalue weighted by Gasteiger charge is -2.12. The molecule has 0 unspecified atom stereocenters. The average Bonchev–Trinajstić information content (AvgIpc) is 3.06. The van der Waals surface area contributed by atoms with Gasteiger partial charge >= 0.3 is 6.03 Å². The lowest BCUT2D eigenvalue weighted by molar-refractivity contribution is 0.252. The minimum Gasteiger partial charge on any atom is -0.490 e. The fraction of sp³-hybridized carbons (Fsp3) is 0.389. The number of urea groups is 1. The van der Waals surface area contributed by atoms with Gasteiger partial charge in [-0.15, -0.1) is 0 Å². The van der Waals surface area contributed by atoms with Crippen LogP contribution < -0.4 is 21.1 Å². The molecule has 0 fully saturated rings. The Morgan fingerprint density at radius 2 is 2.25 bits per heavy atom. The van der Waals surface area contributed by atoms with E-state index >= 15 is 0 Å². The minimum absolute atomic E-state index is 0.0913. The van der Waals surface area contributed by atoms with Crippen LogP contribution in [0.4, 0.5) is 26.2 Å². The van der Waals surface area contributed by atoms with Gasteiger partial charge in [-0.25, -0.2) is 9.18 Å². The van der Waals surface area contributed by atoms with Crippen molar-refractivity contribution in [3.63, 3.8) is 0 Å². The number of benzene rings is 1. The molecule has 1 aromatic heterocycles. The Labute approximate surface area is 163 Å². The number of H-pyrrole nitrogens is 1. The molecule has 0 aliphatic heterocycles. The molecular weight excluding hydrogens is 365 g/mol. The molecule has 10 heteroatoms. The molecule has 0 spiro atoms. The number of amides is 2. The maximum atomic E-state index is 14.3. The number of anilines is 2. The highest BCUT2D eigenvalue weighted by atomic mass is 19.1. The van der Waals surface area contributed by atoms with E-state index in [1.807, 2.05) is 25.9 Å². The van der Waals surface area contributed by atoms with Crippen molar-refractivity contribution in [3.05, 3.63) is 29.8 Å². The number of nitrogens with one attached hydrogen (secondary N) is 3. The van der Waals surface area contributed by atoms with Crippen molar-refractivity contribution in [1.29, 1.82) is 0 Å². The van der Waals surface area contributed by atoms with E-state index in [4.69, 9.17) is 10.5 Å². The monoisotopic (exact) mass is 391 g/mol. The SMILES string of the molecule is CCNC(=O)Nc1c[nH]nc1/C=N/c1cc(F)c(OCCCN(C)C)cc1N. The van der Waals surface area contributed by atoms with Crippen LogP contribution in [0.5, 0.6) is 5.75 Å². The summed E-state index contributed by atoms with van der Waals surface area (Å²) in [6.45, 7) is 3.53. The van der Waals surface area contributed by atoms with Crippen LogP contribution in [-0.4, -0.2) is 61.1 Å². The Bertz CT molecular complexity index is 820. The Morgan fingerprint density at radius 1 is 1.46 bits per heavy atom. The maximum absolute atomic E-state index is 14.3. The summed E-state index contributed by atoms with van der Waals surface area (Å²) in [4.78, 5) is 17.8. The Kier molecular flexibility index (Phi) is 7.76. The number of aromatic amines is 1. The third-order valence-corrected chi connectivity index (χ3v) is 3.67. The number of nitrogen functional groups attached to an aromatic ring is 1. The zero-order valence-corrected chi connectivity index (χ0v) is 16.3. The zero-order chi connectivity index (χ0) is 20.5. The summed E-state index contributed by atoms with van der Waals surface area (Å²) in [5.74, 6) is -0.456. The van der Waals surface area contributed by atoms with E-state index in [0.717, 1.165) is 13.0 Å². The summed E-state index contributed by atoms with van der Waals surface area (Å²) in [5.41, 5.74) is 7.30. The van der Waals surface area contributed by atoms with E-state index in [2.05, 4.69) is 25.8 Å². The number of ether oxygens (including phenoxy) is 1. The molecule has 0 saturated carbocycles. The molecular formula is C18H26FN7O2. The molecule has 1 heterocycles. The number of nitrogens with two attached hydrogens (primary N) is 1. The molecule has 0 radical (unpaired) electrons. The standard InChI is InChI=1S/C18H26FN7O2/c1-4-21-18(27)24-15-11-23-25-16(15)10-22-14-8-12(19)17(9-13(14)20)28-7-5-6-26(2)3/h8-11H,4-7,20H2,1-3H3,(H,23,25)(H2,21,24,27)/b22-10+. The summed E-state index contributed by atoms with van der Waals surface area (Å²) in [5, 5.41) is 11.9. The van der Waals surface area contributed by atoms with Gasteiger partial charge in [-0.1, -0.05) is 0 Å². The molecule has 1 aromatic carbocycles. The first-order valence-corrected chi connectivity index (χ1v) is 8.90. The van der Waals surface area contributed by atoms with E-state index in [-0.39, 0.29) is 23.2 Å². The largest absolute Gasteiger partial charge is 0.490 e. The van der Waals surface area contributed by atoms with Gasteiger partial charge in [-0.3, -0.25) is 10.1 Å². The highest BCUT2D eigenvalue weighted by Crippen LogP contribution is 2.30. The zero-order valence-electron chi connectivity index (χ0n) is 16.3. The lowest BCUT2D eigenvalue weighted by Crippen LogP contribution is -2.28. The van der Waals surface area contributed by atoms with Crippen LogP contribution in [0.2, 0.25) is 0 Å². The molecule has 2 rings (SSSR count). The van der Waals surface area contributed by atoms with Crippen LogP contribution in [0.3, 0.4) is 0 Å². The van der Waals surface area contributed by atoms with Gasteiger partial charge in [0, 0.05) is 31.4 Å². The van der Waals surface area contributed by atoms with Crippen molar-refractivity contribution < 1.29 is 13.9 Å². The van der Waals surface area contributed by atoms with Crippen LogP contribution in [-0.2, 0) is 0 Å². The topological polar surface area (TPSA) is 121 Å². The molecule has 9 nitrogen and oxygen atoms in total. The van der Waals surface area contributed by atoms with E-state index in [0.29, 0.717) is 24.5 Å². The number of rotatable bonds is 9. The summed E-state index contributed by atoms with van der Waals surface area (Å²) in [6.07, 6.45) is 3.68. The average molecular weight is 391 g/mol. The van der Waals surface area contributed by atoms with Crippen LogP contribution in [0.1, 0.15) is 19.0 Å². The number of carbonyl (C=O) groups excluding carboxylic acids is 1. The second-order valence-electron chi connectivity index (χ2n) is 6.27. The third kappa shape index (κ3) is 6.23. The van der Waals surface area contributed by atoms with Gasteiger partial charge in [0.2, 0.25) is 0 Å². The predicted octanol–water partition coefficient (Wildman–Crippen LogP) is 2.35. The van der Waals surface area contributed by atoms with E-state index in [1.54, 1.807) is 0 Å². The van der Waals surface area contributed by atoms with Crippen molar-refractivity contribution in [2.45, 2.75) is 13.3 Å². The first kappa shape index (κ1) is 21.2. The van der Waals surface area contributed by atoms with Crippen molar-refractivity contribution >= 4 is 29.3 Å². The molecule has 28 heavy (non-hydrogen) atoms. The molecule has 152 valence electrons. The van der Waals surface area contributed by atoms with Crippen LogP contribution in [0.25, 0.3) is 0 Å². The van der Waals surface area contributed by atoms with Gasteiger partial charge in [-0.2, -0.15) is 5.10 Å². The molecule has 0 aliphatic carbocycles. The van der Waals surface area contributed by atoms with E-state index in [1.165, 1.54) is 24.5 Å². The number of hydrogen-bond donors (Lipinski definition) is 4. The fourth-order valence-electron chi connectivity index (χ4n) is 2.30. The number of aliphatic imine (C=N–C) groups is 1. The normalized spacial score (nSPS) is 11.2. The molecule has 0 saturated heterocycles. The second-order valence-corrected chi connectivity index (χ2v) is 6.27. The molecule has 5 N–H and O–H groups in total. The van der Waals surface area contributed by atoms with Crippen LogP contribution in [0.15, 0.2) is 23.3 Å². The van der Waals surface area contributed by atoms with Crippen LogP contribution >= 0.6 is 0 Å². The lowest BCUT2D eigenvalue weighted by atomic mass is 10.2. The van der Waals surface area contributed by atoms with Gasteiger partial charge in [0.05, 0.1) is 29.9 Å². The van der Waals surface area contributed by atoms with Gasteiger partial charge in [0.15, 0.2) is 11.6 Å². The number of hydrogen-bond acceptors (Lipinski definition) is 6. The number of nitrogens with zero attached hydrogens (tertiary/aromatic N) is 3. The van der Waals surface area contributed by atoms with Crippen molar-refractivity contribution in [3.8, 4) is 5.75 Å². The number of carbonyl (C=O) groups is 1. The van der Waals surface area contributed by atoms with Gasteiger partial charge in [0.1, 0.15) is 5.69 Å². The predicted molar refractivity (Wildman–Crippen MR) is 108 cm³/mol. The molecule has 0 atom stereocenters. The Balaban J connectivity index is 2.05. The number of aromatic nitrogens is 2. The minimum atomic E-state index is -0.547. The smallest absolute Gasteiger partial charge is 0.319 e. The van der Waals surface area contributed by atoms with Gasteiger partial charge in [-0.05, 0) is 27.4 Å². The first-order chi connectivity index (χ1) is 13.4. The molecule has 2 aromatic rings. The molecule has 0 bridgehead atoms. The molecule has 0 aliphatic rings. The summed E-state index contributed by atoms with van der Waals surface area (Å²) in [6, 6.07) is 2.26.